The predicted molar refractivity (Wildman–Crippen MR) is 189 cm³/mol. The zero-order valence-corrected chi connectivity index (χ0v) is 26.7. The molecular formula is C42H18F3N7. The van der Waals surface area contributed by atoms with Crippen LogP contribution >= 0.6 is 0 Å². The van der Waals surface area contributed by atoms with E-state index in [-0.39, 0.29) is 11.3 Å². The zero-order valence-electron chi connectivity index (χ0n) is 26.7. The first-order valence-corrected chi connectivity index (χ1v) is 15.7. The van der Waals surface area contributed by atoms with Gasteiger partial charge in [-0.2, -0.15) is 39.5 Å². The molecule has 0 atom stereocenters. The zero-order chi connectivity index (χ0) is 36.3. The van der Waals surface area contributed by atoms with Gasteiger partial charge in [-0.3, -0.25) is 0 Å². The molecule has 0 saturated heterocycles. The third-order valence-electron chi connectivity index (χ3n) is 9.27. The Morgan fingerprint density at radius 1 is 0.385 bits per heavy atom. The maximum Gasteiger partial charge on any atom is 0.416 e. The van der Waals surface area contributed by atoms with Crippen molar-refractivity contribution in [3.05, 3.63) is 143 Å². The van der Waals surface area contributed by atoms with Gasteiger partial charge < -0.3 is 9.13 Å². The van der Waals surface area contributed by atoms with Crippen LogP contribution in [0.1, 0.15) is 33.4 Å². The van der Waals surface area contributed by atoms with E-state index in [4.69, 9.17) is 0 Å². The molecule has 0 fully saturated rings. The molecule has 10 heteroatoms. The van der Waals surface area contributed by atoms with Crippen molar-refractivity contribution in [3.8, 4) is 52.8 Å². The molecule has 0 bridgehead atoms. The van der Waals surface area contributed by atoms with E-state index < -0.39 is 11.7 Å². The van der Waals surface area contributed by atoms with E-state index in [1.54, 1.807) is 95.6 Å². The van der Waals surface area contributed by atoms with Crippen LogP contribution < -0.4 is 0 Å². The summed E-state index contributed by atoms with van der Waals surface area (Å²) in [7, 11) is 0. The van der Waals surface area contributed by atoms with Gasteiger partial charge in [-0.15, -0.1) is 0 Å². The van der Waals surface area contributed by atoms with Gasteiger partial charge in [0, 0.05) is 32.7 Å². The number of nitriles is 5. The smallest absolute Gasteiger partial charge is 0.309 e. The van der Waals surface area contributed by atoms with Crippen molar-refractivity contribution >= 4 is 43.6 Å². The van der Waals surface area contributed by atoms with Gasteiger partial charge in [0.05, 0.1) is 97.2 Å². The lowest BCUT2D eigenvalue weighted by Crippen LogP contribution is -2.08. The minimum Gasteiger partial charge on any atom is -0.309 e. The maximum absolute atomic E-state index is 14.5. The number of halogens is 3. The summed E-state index contributed by atoms with van der Waals surface area (Å²) >= 11 is 0. The second kappa shape index (κ2) is 11.6. The summed E-state index contributed by atoms with van der Waals surface area (Å²) in [6.45, 7) is 0. The number of alkyl halides is 3. The van der Waals surface area contributed by atoms with Crippen molar-refractivity contribution in [1.29, 1.82) is 26.3 Å². The Morgan fingerprint density at radius 3 is 1.13 bits per heavy atom. The summed E-state index contributed by atoms with van der Waals surface area (Å²) in [5.41, 5.74) is 4.72. The summed E-state index contributed by atoms with van der Waals surface area (Å²) < 4.78 is 47.1. The van der Waals surface area contributed by atoms with E-state index in [2.05, 4.69) is 30.3 Å². The van der Waals surface area contributed by atoms with Crippen LogP contribution in [0.3, 0.4) is 0 Å². The summed E-state index contributed by atoms with van der Waals surface area (Å²) in [5, 5.41) is 51.4. The number of aromatic nitrogens is 2. The summed E-state index contributed by atoms with van der Waals surface area (Å²) in [4.78, 5) is 0. The lowest BCUT2D eigenvalue weighted by molar-refractivity contribution is -0.137. The Morgan fingerprint density at radius 2 is 0.750 bits per heavy atom. The average Bonchev–Trinajstić information content (AvgIpc) is 3.67. The van der Waals surface area contributed by atoms with E-state index >= 15 is 0 Å². The molecule has 242 valence electrons. The molecule has 0 radical (unpaired) electrons. The molecular weight excluding hydrogens is 660 g/mol. The maximum atomic E-state index is 14.5. The molecule has 0 saturated carbocycles. The molecule has 0 spiro atoms. The van der Waals surface area contributed by atoms with E-state index in [0.717, 1.165) is 12.1 Å². The number of benzene rings is 6. The van der Waals surface area contributed by atoms with Crippen LogP contribution in [0.15, 0.2) is 109 Å². The molecule has 0 aliphatic rings. The van der Waals surface area contributed by atoms with Crippen LogP contribution in [-0.2, 0) is 6.18 Å². The minimum atomic E-state index is -4.70. The fraction of sp³-hybridized carbons (Fsp3) is 0.0238. The number of hydrogen-bond donors (Lipinski definition) is 0. The van der Waals surface area contributed by atoms with Gasteiger partial charge >= 0.3 is 6.18 Å². The van der Waals surface area contributed by atoms with Crippen LogP contribution in [0.2, 0.25) is 0 Å². The Labute approximate surface area is 293 Å². The van der Waals surface area contributed by atoms with E-state index in [0.29, 0.717) is 82.7 Å². The second-order valence-electron chi connectivity index (χ2n) is 12.1. The summed E-state index contributed by atoms with van der Waals surface area (Å²) in [6.07, 6.45) is -4.70. The van der Waals surface area contributed by atoms with Gasteiger partial charge in [-0.05, 0) is 103 Å². The third-order valence-corrected chi connectivity index (χ3v) is 9.27. The normalized spacial score (nSPS) is 11.3. The first kappa shape index (κ1) is 31.4. The van der Waals surface area contributed by atoms with E-state index in [1.807, 2.05) is 4.57 Å². The van der Waals surface area contributed by atoms with Crippen LogP contribution in [0, 0.1) is 56.7 Å². The Balaban J connectivity index is 1.53. The van der Waals surface area contributed by atoms with Crippen molar-refractivity contribution < 1.29 is 13.2 Å². The molecule has 0 unspecified atom stereocenters. The SMILES string of the molecule is N#Cc1ccc(-n2c3ccc(C#N)cc3c3cc(C#N)ccc32)c(-c2ccc(C(F)(F)F)cc2-n2c3ccc(C#N)cc3c3cc(C#N)ccc32)c1. The van der Waals surface area contributed by atoms with Gasteiger partial charge in [0.25, 0.3) is 0 Å². The Kier molecular flexibility index (Phi) is 7.04. The first-order chi connectivity index (χ1) is 25.2. The Hall–Kier alpha value is -7.84. The first-order valence-electron chi connectivity index (χ1n) is 15.7. The van der Waals surface area contributed by atoms with Gasteiger partial charge in [-0.1, -0.05) is 6.07 Å². The minimum absolute atomic E-state index is 0.153. The van der Waals surface area contributed by atoms with Crippen molar-refractivity contribution in [2.24, 2.45) is 0 Å². The fourth-order valence-corrected chi connectivity index (χ4v) is 6.98. The lowest BCUT2D eigenvalue weighted by Gasteiger charge is -2.20. The third kappa shape index (κ3) is 4.79. The molecule has 0 aliphatic carbocycles. The topological polar surface area (TPSA) is 129 Å². The number of nitrogens with zero attached hydrogens (tertiary/aromatic N) is 7. The molecule has 6 aromatic carbocycles. The predicted octanol–water partition coefficient (Wildman–Crippen LogP) is 9.92. The highest BCUT2D eigenvalue weighted by molar-refractivity contribution is 6.12. The fourth-order valence-electron chi connectivity index (χ4n) is 6.98. The quantitative estimate of drug-likeness (QED) is 0.184. The van der Waals surface area contributed by atoms with Crippen LogP contribution in [0.5, 0.6) is 0 Å². The van der Waals surface area contributed by atoms with Crippen molar-refractivity contribution in [2.75, 3.05) is 0 Å². The van der Waals surface area contributed by atoms with Gasteiger partial charge in [0.1, 0.15) is 0 Å². The molecule has 7 nitrogen and oxygen atoms in total. The van der Waals surface area contributed by atoms with Gasteiger partial charge in [-0.25, -0.2) is 0 Å². The average molecular weight is 678 g/mol. The molecule has 0 amide bonds. The number of hydrogen-bond acceptors (Lipinski definition) is 5. The van der Waals surface area contributed by atoms with Crippen LogP contribution in [0.4, 0.5) is 13.2 Å². The standard InChI is InChI=1S/C42H18F3N7/c43-42(44,45)29-6-7-30(41(18-29)52-39-11-4-27(22-49)16-34(39)35-17-28(23-50)5-12-40(35)52)31-13-24(19-46)1-8-36(31)51-37-9-2-25(20-47)14-32(37)33-15-26(21-48)3-10-38(33)51/h1-18H. The van der Waals surface area contributed by atoms with Gasteiger partial charge in [0.2, 0.25) is 0 Å². The lowest BCUT2D eigenvalue weighted by atomic mass is 9.97. The molecule has 0 aliphatic heterocycles. The molecule has 8 rings (SSSR count). The van der Waals surface area contributed by atoms with Gasteiger partial charge in [0.15, 0.2) is 0 Å². The van der Waals surface area contributed by atoms with Crippen molar-refractivity contribution in [1.82, 2.24) is 9.13 Å². The number of fused-ring (bicyclic) bond motifs is 6. The highest BCUT2D eigenvalue weighted by atomic mass is 19.4. The molecule has 8 aromatic rings. The molecule has 52 heavy (non-hydrogen) atoms. The highest BCUT2D eigenvalue weighted by Crippen LogP contribution is 2.43. The van der Waals surface area contributed by atoms with Crippen molar-refractivity contribution in [3.63, 3.8) is 0 Å². The molecule has 2 aromatic heterocycles. The van der Waals surface area contributed by atoms with E-state index in [1.165, 1.54) is 6.07 Å². The monoisotopic (exact) mass is 677 g/mol. The van der Waals surface area contributed by atoms with Crippen molar-refractivity contribution in [2.45, 2.75) is 6.18 Å². The summed E-state index contributed by atoms with van der Waals surface area (Å²) in [6, 6.07) is 39.3. The molecule has 0 N–H and O–H groups in total. The Bertz CT molecular complexity index is 2930. The van der Waals surface area contributed by atoms with Crippen LogP contribution in [0.25, 0.3) is 66.1 Å². The van der Waals surface area contributed by atoms with E-state index in [9.17, 15) is 39.5 Å². The summed E-state index contributed by atoms with van der Waals surface area (Å²) in [5.74, 6) is 0. The number of rotatable bonds is 3. The second-order valence-corrected chi connectivity index (χ2v) is 12.1. The molecule has 2 heterocycles. The highest BCUT2D eigenvalue weighted by Gasteiger charge is 2.32. The largest absolute Gasteiger partial charge is 0.416 e. The van der Waals surface area contributed by atoms with Crippen LogP contribution in [-0.4, -0.2) is 9.13 Å².